The molecule has 0 radical (unpaired) electrons. The van der Waals surface area contributed by atoms with E-state index in [1.165, 1.54) is 0 Å². The maximum absolute atomic E-state index is 6.01. The fraction of sp³-hybridized carbons (Fsp3) is 0.389. The molecular weight excluding hydrogens is 380 g/mol. The van der Waals surface area contributed by atoms with Gasteiger partial charge in [-0.2, -0.15) is 10.1 Å². The van der Waals surface area contributed by atoms with E-state index in [1.54, 1.807) is 13.4 Å². The zero-order valence-electron chi connectivity index (χ0n) is 15.5. The average molecular weight is 401 g/mol. The second kappa shape index (κ2) is 8.39. The van der Waals surface area contributed by atoms with Gasteiger partial charge in [0.1, 0.15) is 12.2 Å². The summed E-state index contributed by atoms with van der Waals surface area (Å²) in [5, 5.41) is 15.6. The molecule has 4 rings (SSSR count). The summed E-state index contributed by atoms with van der Waals surface area (Å²) in [5.41, 5.74) is 0.831. The van der Waals surface area contributed by atoms with E-state index >= 15 is 0 Å². The summed E-state index contributed by atoms with van der Waals surface area (Å²) in [4.78, 5) is 13.0. The lowest BCUT2D eigenvalue weighted by atomic mass is 10.1. The van der Waals surface area contributed by atoms with Gasteiger partial charge >= 0.3 is 0 Å². The summed E-state index contributed by atoms with van der Waals surface area (Å²) < 4.78 is 7.27. The standard InChI is InChI=1S/C18H21ClN8O/c1-20-18(24-14-5-6-15-22-11-23-27(15)10-14)21-8-7-16-25-17(26-28-16)12-3-2-4-13(19)9-12/h2-4,9,11,14H,5-8,10H2,1H3,(H2,20,21,24). The van der Waals surface area contributed by atoms with Gasteiger partial charge in [-0.15, -0.1) is 0 Å². The van der Waals surface area contributed by atoms with Gasteiger partial charge in [-0.3, -0.25) is 4.99 Å². The molecule has 0 saturated heterocycles. The Kier molecular flexibility index (Phi) is 5.52. The fourth-order valence-corrected chi connectivity index (χ4v) is 3.32. The van der Waals surface area contributed by atoms with Crippen LogP contribution < -0.4 is 10.6 Å². The van der Waals surface area contributed by atoms with Crippen LogP contribution in [0.25, 0.3) is 11.4 Å². The molecule has 1 aromatic carbocycles. The van der Waals surface area contributed by atoms with Crippen molar-refractivity contribution >= 4 is 17.6 Å². The van der Waals surface area contributed by atoms with Gasteiger partial charge in [-0.25, -0.2) is 9.67 Å². The third-order valence-corrected chi connectivity index (χ3v) is 4.79. The van der Waals surface area contributed by atoms with Gasteiger partial charge in [0.15, 0.2) is 5.96 Å². The lowest BCUT2D eigenvalue weighted by molar-refractivity contribution is 0.377. The molecule has 1 atom stereocenters. The predicted octanol–water partition coefficient (Wildman–Crippen LogP) is 1.70. The maximum Gasteiger partial charge on any atom is 0.228 e. The minimum absolute atomic E-state index is 0.262. The first-order valence-electron chi connectivity index (χ1n) is 9.13. The molecule has 0 bridgehead atoms. The minimum atomic E-state index is 0.262. The van der Waals surface area contributed by atoms with E-state index in [0.717, 1.165) is 36.7 Å². The van der Waals surface area contributed by atoms with E-state index < -0.39 is 0 Å². The molecule has 2 N–H and O–H groups in total. The second-order valence-electron chi connectivity index (χ2n) is 6.51. The molecular formula is C18H21ClN8O. The maximum atomic E-state index is 6.01. The first kappa shape index (κ1) is 18.4. The number of benzene rings is 1. The SMILES string of the molecule is CN=C(NCCc1nc(-c2cccc(Cl)c2)no1)NC1CCc2ncnn2C1. The van der Waals surface area contributed by atoms with Crippen LogP contribution in [0.1, 0.15) is 18.1 Å². The Balaban J connectivity index is 1.27. The van der Waals surface area contributed by atoms with E-state index in [-0.39, 0.29) is 6.04 Å². The molecule has 0 spiro atoms. The lowest BCUT2D eigenvalue weighted by Gasteiger charge is -2.25. The molecule has 0 saturated carbocycles. The summed E-state index contributed by atoms with van der Waals surface area (Å²) in [6, 6.07) is 7.64. The summed E-state index contributed by atoms with van der Waals surface area (Å²) in [6.45, 7) is 1.40. The molecule has 10 heteroatoms. The normalized spacial score (nSPS) is 16.6. The number of hydrogen-bond acceptors (Lipinski definition) is 6. The quantitative estimate of drug-likeness (QED) is 0.496. The number of rotatable bonds is 5. The highest BCUT2D eigenvalue weighted by atomic mass is 35.5. The van der Waals surface area contributed by atoms with Crippen molar-refractivity contribution in [3.63, 3.8) is 0 Å². The number of nitrogens with zero attached hydrogens (tertiary/aromatic N) is 6. The molecule has 9 nitrogen and oxygen atoms in total. The van der Waals surface area contributed by atoms with Crippen molar-refractivity contribution in [2.45, 2.75) is 31.8 Å². The highest BCUT2D eigenvalue weighted by Crippen LogP contribution is 2.19. The summed E-state index contributed by atoms with van der Waals surface area (Å²) in [7, 11) is 1.75. The lowest BCUT2D eigenvalue weighted by Crippen LogP contribution is -2.47. The van der Waals surface area contributed by atoms with Crippen molar-refractivity contribution in [1.82, 2.24) is 35.5 Å². The predicted molar refractivity (Wildman–Crippen MR) is 105 cm³/mol. The Morgan fingerprint density at radius 2 is 2.36 bits per heavy atom. The van der Waals surface area contributed by atoms with Crippen LogP contribution in [0.15, 0.2) is 40.1 Å². The van der Waals surface area contributed by atoms with Crippen LogP contribution in [-0.2, 0) is 19.4 Å². The van der Waals surface area contributed by atoms with Crippen molar-refractivity contribution < 1.29 is 4.52 Å². The van der Waals surface area contributed by atoms with Gasteiger partial charge in [0, 0.05) is 43.1 Å². The highest BCUT2D eigenvalue weighted by Gasteiger charge is 2.20. The van der Waals surface area contributed by atoms with Crippen molar-refractivity contribution in [3.05, 3.63) is 47.3 Å². The number of nitrogens with one attached hydrogen (secondary N) is 2. The molecule has 1 aliphatic rings. The topological polar surface area (TPSA) is 106 Å². The zero-order chi connectivity index (χ0) is 19.3. The first-order chi connectivity index (χ1) is 13.7. The van der Waals surface area contributed by atoms with Gasteiger partial charge in [-0.05, 0) is 18.6 Å². The fourth-order valence-electron chi connectivity index (χ4n) is 3.13. The number of aryl methyl sites for hydroxylation is 1. The van der Waals surface area contributed by atoms with E-state index in [4.69, 9.17) is 16.1 Å². The Morgan fingerprint density at radius 3 is 3.21 bits per heavy atom. The van der Waals surface area contributed by atoms with Crippen molar-refractivity contribution in [2.24, 2.45) is 4.99 Å². The van der Waals surface area contributed by atoms with E-state index in [9.17, 15) is 0 Å². The van der Waals surface area contributed by atoms with Gasteiger partial charge in [0.25, 0.3) is 0 Å². The monoisotopic (exact) mass is 400 g/mol. The van der Waals surface area contributed by atoms with E-state index in [2.05, 4.69) is 35.8 Å². The molecule has 0 amide bonds. The molecule has 1 aliphatic heterocycles. The minimum Gasteiger partial charge on any atom is -0.356 e. The van der Waals surface area contributed by atoms with Gasteiger partial charge < -0.3 is 15.2 Å². The average Bonchev–Trinajstić information content (AvgIpc) is 3.36. The largest absolute Gasteiger partial charge is 0.356 e. The highest BCUT2D eigenvalue weighted by molar-refractivity contribution is 6.30. The first-order valence-corrected chi connectivity index (χ1v) is 9.51. The zero-order valence-corrected chi connectivity index (χ0v) is 16.2. The van der Waals surface area contributed by atoms with Crippen LogP contribution in [-0.4, -0.2) is 50.5 Å². The molecule has 0 fully saturated rings. The van der Waals surface area contributed by atoms with Gasteiger partial charge in [0.2, 0.25) is 11.7 Å². The van der Waals surface area contributed by atoms with Gasteiger partial charge in [0.05, 0.1) is 6.54 Å². The molecule has 3 heterocycles. The summed E-state index contributed by atoms with van der Waals surface area (Å²) in [6.07, 6.45) is 4.09. The summed E-state index contributed by atoms with van der Waals surface area (Å²) in [5.74, 6) is 2.87. The third-order valence-electron chi connectivity index (χ3n) is 4.55. The van der Waals surface area contributed by atoms with Crippen LogP contribution in [0, 0.1) is 0 Å². The third kappa shape index (κ3) is 4.30. The Bertz CT molecular complexity index is 966. The molecule has 2 aromatic heterocycles. The Morgan fingerprint density at radius 1 is 1.43 bits per heavy atom. The van der Waals surface area contributed by atoms with E-state index in [1.807, 2.05) is 28.9 Å². The number of aromatic nitrogens is 5. The van der Waals surface area contributed by atoms with Gasteiger partial charge in [-0.1, -0.05) is 28.9 Å². The van der Waals surface area contributed by atoms with Crippen LogP contribution in [0.4, 0.5) is 0 Å². The van der Waals surface area contributed by atoms with Crippen LogP contribution in [0.3, 0.4) is 0 Å². The molecule has 146 valence electrons. The van der Waals surface area contributed by atoms with Crippen LogP contribution in [0.2, 0.25) is 5.02 Å². The Hall–Kier alpha value is -2.94. The number of hydrogen-bond donors (Lipinski definition) is 2. The van der Waals surface area contributed by atoms with Crippen molar-refractivity contribution in [2.75, 3.05) is 13.6 Å². The van der Waals surface area contributed by atoms with Crippen molar-refractivity contribution in [3.8, 4) is 11.4 Å². The molecule has 28 heavy (non-hydrogen) atoms. The molecule has 0 aliphatic carbocycles. The molecule has 3 aromatic rings. The smallest absolute Gasteiger partial charge is 0.228 e. The van der Waals surface area contributed by atoms with Crippen LogP contribution >= 0.6 is 11.6 Å². The number of aliphatic imine (C=N–C) groups is 1. The van der Waals surface area contributed by atoms with Crippen molar-refractivity contribution in [1.29, 1.82) is 0 Å². The summed E-state index contributed by atoms with van der Waals surface area (Å²) >= 11 is 6.01. The second-order valence-corrected chi connectivity index (χ2v) is 6.95. The number of halogens is 1. The number of fused-ring (bicyclic) bond motifs is 1. The Labute approximate surface area is 167 Å². The van der Waals surface area contributed by atoms with E-state index in [0.29, 0.717) is 29.7 Å². The number of guanidine groups is 1. The van der Waals surface area contributed by atoms with Crippen LogP contribution in [0.5, 0.6) is 0 Å². The molecule has 1 unspecified atom stereocenters.